The van der Waals surface area contributed by atoms with Gasteiger partial charge in [-0.2, -0.15) is 0 Å². The first-order valence-corrected chi connectivity index (χ1v) is 7.03. The molecule has 5 heteroatoms. The lowest BCUT2D eigenvalue weighted by Crippen LogP contribution is -2.43. The van der Waals surface area contributed by atoms with Gasteiger partial charge in [0.2, 0.25) is 0 Å². The maximum atomic E-state index is 11.9. The van der Waals surface area contributed by atoms with E-state index in [0.717, 1.165) is 12.8 Å². The third-order valence-electron chi connectivity index (χ3n) is 2.86. The second-order valence-corrected chi connectivity index (χ2v) is 5.79. The Balaban J connectivity index is 2.17. The lowest BCUT2D eigenvalue weighted by Gasteiger charge is -2.33. The molecule has 0 unspecified atom stereocenters. The third kappa shape index (κ3) is 6.78. The minimum atomic E-state index is -0.446. The number of terminal acetylenes is 1. The number of hydrogen-bond donors (Lipinski definition) is 0. The molecule has 0 aromatic carbocycles. The van der Waals surface area contributed by atoms with Gasteiger partial charge in [-0.15, -0.1) is 6.42 Å². The van der Waals surface area contributed by atoms with Crippen molar-refractivity contribution in [1.82, 2.24) is 4.90 Å². The molecule has 1 saturated heterocycles. The molecule has 0 atom stereocenters. The van der Waals surface area contributed by atoms with E-state index < -0.39 is 5.60 Å². The Morgan fingerprint density at radius 1 is 1.30 bits per heavy atom. The number of hydrogen-bond acceptors (Lipinski definition) is 4. The van der Waals surface area contributed by atoms with Gasteiger partial charge < -0.3 is 19.1 Å². The minimum Gasteiger partial charge on any atom is -0.444 e. The Kier molecular flexibility index (Phi) is 6.83. The van der Waals surface area contributed by atoms with E-state index in [2.05, 4.69) is 5.92 Å². The van der Waals surface area contributed by atoms with Crippen LogP contribution >= 0.6 is 0 Å². The van der Waals surface area contributed by atoms with Crippen molar-refractivity contribution in [2.24, 2.45) is 0 Å². The fourth-order valence-electron chi connectivity index (χ4n) is 1.94. The van der Waals surface area contributed by atoms with Crippen molar-refractivity contribution in [2.45, 2.75) is 45.3 Å². The molecule has 114 valence electrons. The van der Waals surface area contributed by atoms with Crippen LogP contribution in [0.2, 0.25) is 0 Å². The van der Waals surface area contributed by atoms with E-state index in [1.54, 1.807) is 4.90 Å². The van der Waals surface area contributed by atoms with Gasteiger partial charge in [-0.05, 0) is 33.6 Å². The van der Waals surface area contributed by atoms with Gasteiger partial charge in [-0.25, -0.2) is 4.79 Å². The highest BCUT2D eigenvalue weighted by atomic mass is 16.6. The predicted molar refractivity (Wildman–Crippen MR) is 76.4 cm³/mol. The molecule has 1 aliphatic rings. The Morgan fingerprint density at radius 2 is 1.95 bits per heavy atom. The molecule has 20 heavy (non-hydrogen) atoms. The highest BCUT2D eigenvalue weighted by Gasteiger charge is 2.26. The number of ether oxygens (including phenoxy) is 3. The molecule has 0 saturated carbocycles. The summed E-state index contributed by atoms with van der Waals surface area (Å²) in [5, 5.41) is 0. The number of piperidine rings is 1. The summed E-state index contributed by atoms with van der Waals surface area (Å²) in [7, 11) is 0. The first-order valence-electron chi connectivity index (χ1n) is 7.03. The van der Waals surface area contributed by atoms with Crippen LogP contribution in [0, 0.1) is 12.3 Å². The molecule has 1 heterocycles. The standard InChI is InChI=1S/C15H25NO4/c1-5-10-18-11-12-19-13-6-8-16(9-7-13)14(17)20-15(2,3)4/h1,13H,6-12H2,2-4H3. The molecule has 1 amide bonds. The van der Waals surface area contributed by atoms with Gasteiger partial charge >= 0.3 is 6.09 Å². The quantitative estimate of drug-likeness (QED) is 0.572. The average molecular weight is 283 g/mol. The van der Waals surface area contributed by atoms with Gasteiger partial charge in [0.25, 0.3) is 0 Å². The molecule has 1 rings (SSSR count). The molecule has 0 bridgehead atoms. The van der Waals surface area contributed by atoms with Crippen LogP contribution in [0.15, 0.2) is 0 Å². The van der Waals surface area contributed by atoms with E-state index in [4.69, 9.17) is 20.6 Å². The van der Waals surface area contributed by atoms with Crippen LogP contribution in [0.25, 0.3) is 0 Å². The highest BCUT2D eigenvalue weighted by molar-refractivity contribution is 5.68. The summed E-state index contributed by atoms with van der Waals surface area (Å²) < 4.78 is 16.2. The van der Waals surface area contributed by atoms with Gasteiger partial charge in [0, 0.05) is 13.1 Å². The van der Waals surface area contributed by atoms with Crippen LogP contribution in [-0.4, -0.2) is 55.6 Å². The summed E-state index contributed by atoms with van der Waals surface area (Å²) in [5.74, 6) is 2.41. The first-order chi connectivity index (χ1) is 9.42. The minimum absolute atomic E-state index is 0.183. The number of rotatable bonds is 5. The first kappa shape index (κ1) is 16.8. The van der Waals surface area contributed by atoms with Crippen molar-refractivity contribution in [2.75, 3.05) is 32.9 Å². The van der Waals surface area contributed by atoms with E-state index in [1.165, 1.54) is 0 Å². The van der Waals surface area contributed by atoms with Crippen LogP contribution in [0.3, 0.4) is 0 Å². The molecule has 0 radical (unpaired) electrons. The molecule has 1 aliphatic heterocycles. The maximum absolute atomic E-state index is 11.9. The normalized spacial score (nSPS) is 16.8. The molecule has 1 fully saturated rings. The highest BCUT2D eigenvalue weighted by Crippen LogP contribution is 2.17. The molecule has 0 N–H and O–H groups in total. The summed E-state index contributed by atoms with van der Waals surface area (Å²) in [6, 6.07) is 0. The SMILES string of the molecule is C#CCOCCOC1CCN(C(=O)OC(C)(C)C)CC1. The summed E-state index contributed by atoms with van der Waals surface area (Å²) >= 11 is 0. The van der Waals surface area contributed by atoms with Crippen LogP contribution < -0.4 is 0 Å². The van der Waals surface area contributed by atoms with E-state index in [0.29, 0.717) is 32.9 Å². The molecule has 0 aromatic rings. The largest absolute Gasteiger partial charge is 0.444 e. The molecule has 0 aliphatic carbocycles. The molecular formula is C15H25NO4. The molecule has 5 nitrogen and oxygen atoms in total. The topological polar surface area (TPSA) is 48.0 Å². The van der Waals surface area contributed by atoms with Crippen LogP contribution in [0.5, 0.6) is 0 Å². The van der Waals surface area contributed by atoms with Crippen molar-refractivity contribution in [3.05, 3.63) is 0 Å². The second-order valence-electron chi connectivity index (χ2n) is 5.79. The van der Waals surface area contributed by atoms with Crippen molar-refractivity contribution in [3.63, 3.8) is 0 Å². The average Bonchev–Trinajstić information content (AvgIpc) is 2.37. The Morgan fingerprint density at radius 3 is 2.50 bits per heavy atom. The predicted octanol–water partition coefficient (Wildman–Crippen LogP) is 2.05. The zero-order chi connectivity index (χ0) is 15.0. The van der Waals surface area contributed by atoms with Crippen LogP contribution in [0.4, 0.5) is 4.79 Å². The summed E-state index contributed by atoms with van der Waals surface area (Å²) in [4.78, 5) is 13.6. The van der Waals surface area contributed by atoms with Crippen molar-refractivity contribution >= 4 is 6.09 Å². The number of nitrogens with zero attached hydrogens (tertiary/aromatic N) is 1. The van der Waals surface area contributed by atoms with Gasteiger partial charge in [0.05, 0.1) is 19.3 Å². The fraction of sp³-hybridized carbons (Fsp3) is 0.800. The Bertz CT molecular complexity index is 335. The zero-order valence-corrected chi connectivity index (χ0v) is 12.7. The molecule has 0 spiro atoms. The van der Waals surface area contributed by atoms with Gasteiger partial charge in [0.15, 0.2) is 0 Å². The smallest absolute Gasteiger partial charge is 0.410 e. The lowest BCUT2D eigenvalue weighted by atomic mass is 10.1. The monoisotopic (exact) mass is 283 g/mol. The van der Waals surface area contributed by atoms with Crippen molar-refractivity contribution in [3.8, 4) is 12.3 Å². The van der Waals surface area contributed by atoms with Gasteiger partial charge in [0.1, 0.15) is 12.2 Å². The van der Waals surface area contributed by atoms with E-state index in [9.17, 15) is 4.79 Å². The third-order valence-corrected chi connectivity index (χ3v) is 2.86. The second kappa shape index (κ2) is 8.13. The van der Waals surface area contributed by atoms with E-state index in [1.807, 2.05) is 20.8 Å². The Hall–Kier alpha value is -1.25. The molecule has 0 aromatic heterocycles. The van der Waals surface area contributed by atoms with Crippen molar-refractivity contribution in [1.29, 1.82) is 0 Å². The van der Waals surface area contributed by atoms with Crippen LogP contribution in [0.1, 0.15) is 33.6 Å². The number of likely N-dealkylation sites (tertiary alicyclic amines) is 1. The van der Waals surface area contributed by atoms with Gasteiger partial charge in [-0.3, -0.25) is 0 Å². The van der Waals surface area contributed by atoms with Gasteiger partial charge in [-0.1, -0.05) is 5.92 Å². The van der Waals surface area contributed by atoms with E-state index >= 15 is 0 Å². The summed E-state index contributed by atoms with van der Waals surface area (Å²) in [6.45, 7) is 8.33. The van der Waals surface area contributed by atoms with E-state index in [-0.39, 0.29) is 12.2 Å². The number of amides is 1. The number of carbonyl (C=O) groups excluding carboxylic acids is 1. The molecular weight excluding hydrogens is 258 g/mol. The zero-order valence-electron chi connectivity index (χ0n) is 12.7. The fourth-order valence-corrected chi connectivity index (χ4v) is 1.94. The number of carbonyl (C=O) groups is 1. The summed E-state index contributed by atoms with van der Waals surface area (Å²) in [5.41, 5.74) is -0.446. The van der Waals surface area contributed by atoms with Crippen molar-refractivity contribution < 1.29 is 19.0 Å². The summed E-state index contributed by atoms with van der Waals surface area (Å²) in [6.07, 6.45) is 6.67. The Labute approximate surface area is 121 Å². The van der Waals surface area contributed by atoms with Crippen LogP contribution in [-0.2, 0) is 14.2 Å². The maximum Gasteiger partial charge on any atom is 0.410 e. The lowest BCUT2D eigenvalue weighted by molar-refractivity contribution is -0.0264.